The van der Waals surface area contributed by atoms with Crippen LogP contribution in [0.2, 0.25) is 0 Å². The second-order valence-corrected chi connectivity index (χ2v) is 7.44. The summed E-state index contributed by atoms with van der Waals surface area (Å²) in [5.41, 5.74) is -1.34. The first-order chi connectivity index (χ1) is 15.3. The Morgan fingerprint density at radius 1 is 0.938 bits per heavy atom. The minimum Gasteiger partial charge on any atom is -0.497 e. The Bertz CT molecular complexity index is 1270. The molecule has 0 aliphatic carbocycles. The van der Waals surface area contributed by atoms with E-state index in [4.69, 9.17) is 4.74 Å². The molecule has 0 saturated heterocycles. The monoisotopic (exact) mass is 439 g/mol. The highest BCUT2D eigenvalue weighted by Crippen LogP contribution is 2.48. The van der Waals surface area contributed by atoms with Gasteiger partial charge in [0.15, 0.2) is 0 Å². The Kier molecular flexibility index (Phi) is 4.20. The first-order valence-electron chi connectivity index (χ1n) is 9.65. The number of nitrogens with zero attached hydrogens (tertiary/aromatic N) is 1. The molecular weight excluding hydrogens is 423 g/mol. The van der Waals surface area contributed by atoms with Crippen LogP contribution >= 0.6 is 0 Å². The number of fused-ring (bicyclic) bond motifs is 3. The van der Waals surface area contributed by atoms with E-state index in [1.807, 2.05) is 0 Å². The van der Waals surface area contributed by atoms with Crippen LogP contribution in [0.1, 0.15) is 21.5 Å². The summed E-state index contributed by atoms with van der Waals surface area (Å²) in [7, 11) is 1.47. The molecule has 0 bridgehead atoms. The third kappa shape index (κ3) is 2.74. The number of para-hydroxylation sites is 1. The van der Waals surface area contributed by atoms with Crippen LogP contribution in [0.15, 0.2) is 66.7 Å². The van der Waals surface area contributed by atoms with E-state index in [0.717, 1.165) is 17.0 Å². The summed E-state index contributed by atoms with van der Waals surface area (Å²) in [4.78, 5) is 28.1. The van der Waals surface area contributed by atoms with Gasteiger partial charge in [0.25, 0.3) is 11.8 Å². The summed E-state index contributed by atoms with van der Waals surface area (Å²) in [6.07, 6.45) is -4.61. The SMILES string of the molecule is COc1ccc2c(c1)NC(=O)C21Nc2ccccc2C(=O)N1c1cccc(C(F)(F)F)c1. The van der Waals surface area contributed by atoms with E-state index in [2.05, 4.69) is 10.6 Å². The Morgan fingerprint density at radius 2 is 1.72 bits per heavy atom. The standard InChI is InChI=1S/C23H16F3N3O3/c1-32-15-9-10-17-19(12-15)27-21(31)22(17)28-18-8-3-2-7-16(18)20(30)29(22)14-6-4-5-13(11-14)23(24,25)26/h2-12,28H,1H3,(H,27,31). The van der Waals surface area contributed by atoms with Gasteiger partial charge in [-0.05, 0) is 42.5 Å². The number of halogens is 3. The number of carbonyl (C=O) groups excluding carboxylic acids is 2. The highest BCUT2D eigenvalue weighted by atomic mass is 19.4. The van der Waals surface area contributed by atoms with Gasteiger partial charge in [-0.15, -0.1) is 0 Å². The zero-order chi connectivity index (χ0) is 22.7. The predicted molar refractivity (Wildman–Crippen MR) is 112 cm³/mol. The molecule has 0 radical (unpaired) electrons. The van der Waals surface area contributed by atoms with Gasteiger partial charge in [0.05, 0.1) is 23.9 Å². The molecule has 162 valence electrons. The first-order valence-corrected chi connectivity index (χ1v) is 9.65. The molecule has 6 nitrogen and oxygen atoms in total. The van der Waals surface area contributed by atoms with E-state index in [1.54, 1.807) is 42.5 Å². The van der Waals surface area contributed by atoms with Crippen LogP contribution in [0.5, 0.6) is 5.75 Å². The van der Waals surface area contributed by atoms with E-state index in [1.165, 1.54) is 19.2 Å². The number of ether oxygens (including phenoxy) is 1. The number of anilines is 3. The van der Waals surface area contributed by atoms with Gasteiger partial charge in [0.2, 0.25) is 5.66 Å². The quantitative estimate of drug-likeness (QED) is 0.613. The summed E-state index contributed by atoms with van der Waals surface area (Å²) < 4.78 is 45.5. The van der Waals surface area contributed by atoms with E-state index in [9.17, 15) is 22.8 Å². The molecule has 1 atom stereocenters. The van der Waals surface area contributed by atoms with Crippen LogP contribution in [0.4, 0.5) is 30.2 Å². The lowest BCUT2D eigenvalue weighted by molar-refractivity contribution is -0.137. The maximum atomic E-state index is 13.6. The largest absolute Gasteiger partial charge is 0.497 e. The molecule has 2 N–H and O–H groups in total. The smallest absolute Gasteiger partial charge is 0.416 e. The maximum absolute atomic E-state index is 13.6. The van der Waals surface area contributed by atoms with Crippen LogP contribution in [-0.2, 0) is 16.6 Å². The van der Waals surface area contributed by atoms with E-state index in [0.29, 0.717) is 22.7 Å². The van der Waals surface area contributed by atoms with Gasteiger partial charge in [0.1, 0.15) is 5.75 Å². The maximum Gasteiger partial charge on any atom is 0.416 e. The molecule has 1 unspecified atom stereocenters. The fraction of sp³-hybridized carbons (Fsp3) is 0.130. The third-order valence-electron chi connectivity index (χ3n) is 5.64. The van der Waals surface area contributed by atoms with Crippen LogP contribution in [0, 0.1) is 0 Å². The molecule has 5 rings (SSSR count). The fourth-order valence-corrected chi connectivity index (χ4v) is 4.18. The number of methoxy groups -OCH3 is 1. The number of rotatable bonds is 2. The lowest BCUT2D eigenvalue weighted by atomic mass is 9.92. The Hall–Kier alpha value is -4.01. The van der Waals surface area contributed by atoms with Crippen molar-refractivity contribution in [3.8, 4) is 5.75 Å². The zero-order valence-corrected chi connectivity index (χ0v) is 16.7. The second kappa shape index (κ2) is 6.74. The van der Waals surface area contributed by atoms with Crippen LogP contribution in [0.25, 0.3) is 0 Å². The van der Waals surface area contributed by atoms with Crippen molar-refractivity contribution in [3.63, 3.8) is 0 Å². The molecule has 0 fully saturated rings. The Morgan fingerprint density at radius 3 is 2.47 bits per heavy atom. The van der Waals surface area contributed by atoms with Gasteiger partial charge in [-0.25, -0.2) is 0 Å². The fourth-order valence-electron chi connectivity index (χ4n) is 4.18. The number of amides is 2. The summed E-state index contributed by atoms with van der Waals surface area (Å²) in [5.74, 6) is -0.715. The van der Waals surface area contributed by atoms with Crippen molar-refractivity contribution in [2.75, 3.05) is 22.6 Å². The molecule has 32 heavy (non-hydrogen) atoms. The summed E-state index contributed by atoms with van der Waals surface area (Å²) in [6, 6.07) is 15.7. The van der Waals surface area contributed by atoms with Gasteiger partial charge >= 0.3 is 6.18 Å². The zero-order valence-electron chi connectivity index (χ0n) is 16.7. The minimum atomic E-state index is -4.61. The number of carbonyl (C=O) groups is 2. The van der Waals surface area contributed by atoms with Crippen molar-refractivity contribution in [1.29, 1.82) is 0 Å². The summed E-state index contributed by atoms with van der Waals surface area (Å²) in [6.45, 7) is 0. The molecule has 3 aromatic carbocycles. The van der Waals surface area contributed by atoms with Crippen molar-refractivity contribution in [1.82, 2.24) is 0 Å². The number of hydrogen-bond acceptors (Lipinski definition) is 4. The molecule has 2 amide bonds. The van der Waals surface area contributed by atoms with Crippen molar-refractivity contribution < 1.29 is 27.5 Å². The highest BCUT2D eigenvalue weighted by Gasteiger charge is 2.57. The van der Waals surface area contributed by atoms with Crippen LogP contribution in [-0.4, -0.2) is 18.9 Å². The topological polar surface area (TPSA) is 70.7 Å². The van der Waals surface area contributed by atoms with E-state index < -0.39 is 29.2 Å². The summed E-state index contributed by atoms with van der Waals surface area (Å²) in [5, 5.41) is 5.86. The molecule has 0 aromatic heterocycles. The molecule has 0 saturated carbocycles. The van der Waals surface area contributed by atoms with Gasteiger partial charge in [-0.1, -0.05) is 18.2 Å². The molecule has 2 heterocycles. The second-order valence-electron chi connectivity index (χ2n) is 7.44. The number of alkyl halides is 3. The first kappa shape index (κ1) is 19.9. The lowest BCUT2D eigenvalue weighted by Crippen LogP contribution is -2.61. The predicted octanol–water partition coefficient (Wildman–Crippen LogP) is 4.59. The number of hydrogen-bond donors (Lipinski definition) is 2. The minimum absolute atomic E-state index is 0.0642. The van der Waals surface area contributed by atoms with Crippen molar-refractivity contribution in [3.05, 3.63) is 83.4 Å². The average Bonchev–Trinajstić information content (AvgIpc) is 3.04. The number of benzene rings is 3. The molecule has 3 aromatic rings. The van der Waals surface area contributed by atoms with Crippen molar-refractivity contribution in [2.45, 2.75) is 11.8 Å². The molecule has 2 aliphatic heterocycles. The third-order valence-corrected chi connectivity index (χ3v) is 5.64. The van der Waals surface area contributed by atoms with E-state index in [-0.39, 0.29) is 11.3 Å². The van der Waals surface area contributed by atoms with Crippen LogP contribution < -0.4 is 20.3 Å². The summed E-state index contributed by atoms with van der Waals surface area (Å²) >= 11 is 0. The van der Waals surface area contributed by atoms with E-state index >= 15 is 0 Å². The van der Waals surface area contributed by atoms with Crippen LogP contribution in [0.3, 0.4) is 0 Å². The van der Waals surface area contributed by atoms with Crippen molar-refractivity contribution in [2.24, 2.45) is 0 Å². The molecule has 9 heteroatoms. The lowest BCUT2D eigenvalue weighted by Gasteiger charge is -2.44. The molecule has 1 spiro atoms. The Balaban J connectivity index is 1.78. The van der Waals surface area contributed by atoms with Gasteiger partial charge < -0.3 is 15.4 Å². The molecule has 2 aliphatic rings. The van der Waals surface area contributed by atoms with Gasteiger partial charge in [-0.3, -0.25) is 14.5 Å². The van der Waals surface area contributed by atoms with Crippen molar-refractivity contribution >= 4 is 28.9 Å². The van der Waals surface area contributed by atoms with Gasteiger partial charge in [-0.2, -0.15) is 13.2 Å². The Labute approximate surface area is 180 Å². The average molecular weight is 439 g/mol. The highest BCUT2D eigenvalue weighted by molar-refractivity contribution is 6.22. The van der Waals surface area contributed by atoms with Gasteiger partial charge in [0, 0.05) is 23.0 Å². The normalized spacial score (nSPS) is 19.3. The number of nitrogens with one attached hydrogen (secondary N) is 2. The molecular formula is C23H16F3N3O3.